The van der Waals surface area contributed by atoms with E-state index in [0.717, 1.165) is 24.6 Å². The summed E-state index contributed by atoms with van der Waals surface area (Å²) in [4.78, 5) is 15.4. The third-order valence-corrected chi connectivity index (χ3v) is 6.67. The maximum Gasteiger partial charge on any atom is 0.196 e. The fourth-order valence-electron chi connectivity index (χ4n) is 3.85. The summed E-state index contributed by atoms with van der Waals surface area (Å²) in [6.45, 7) is 4.60. The highest BCUT2D eigenvalue weighted by Crippen LogP contribution is 2.29. The van der Waals surface area contributed by atoms with Gasteiger partial charge in [-0.15, -0.1) is 10.2 Å². The van der Waals surface area contributed by atoms with Gasteiger partial charge in [0.2, 0.25) is 0 Å². The molecule has 1 saturated heterocycles. The van der Waals surface area contributed by atoms with Crippen LogP contribution < -0.4 is 4.74 Å². The second-order valence-electron chi connectivity index (χ2n) is 7.90. The molecule has 0 saturated carbocycles. The zero-order valence-electron chi connectivity index (χ0n) is 18.3. The molecule has 6 nitrogen and oxygen atoms in total. The minimum absolute atomic E-state index is 0.00360. The van der Waals surface area contributed by atoms with E-state index in [1.807, 2.05) is 11.5 Å². The molecule has 32 heavy (non-hydrogen) atoms. The van der Waals surface area contributed by atoms with Crippen LogP contribution in [-0.2, 0) is 6.54 Å². The molecule has 0 amide bonds. The van der Waals surface area contributed by atoms with Crippen molar-refractivity contribution in [1.82, 2.24) is 19.7 Å². The Kier molecular flexibility index (Phi) is 7.22. The molecule has 1 fully saturated rings. The van der Waals surface area contributed by atoms with Crippen LogP contribution in [0.2, 0.25) is 0 Å². The van der Waals surface area contributed by atoms with Gasteiger partial charge in [0, 0.05) is 11.3 Å². The van der Waals surface area contributed by atoms with Gasteiger partial charge in [-0.3, -0.25) is 14.3 Å². The number of carbonyl (C=O) groups excluding carboxylic acids is 1. The van der Waals surface area contributed by atoms with E-state index in [-0.39, 0.29) is 16.9 Å². The van der Waals surface area contributed by atoms with Crippen LogP contribution in [0.25, 0.3) is 5.69 Å². The van der Waals surface area contributed by atoms with Gasteiger partial charge in [0.25, 0.3) is 0 Å². The van der Waals surface area contributed by atoms with E-state index in [2.05, 4.69) is 15.1 Å². The number of carbonyl (C=O) groups is 1. The third-order valence-electron chi connectivity index (χ3n) is 5.62. The number of benzene rings is 2. The van der Waals surface area contributed by atoms with Gasteiger partial charge in [-0.2, -0.15) is 0 Å². The SMILES string of the molecule is COc1ccc(C(=O)C(C)Sc2nnc(CN3CCCCC3)n2-c2ccc(F)cc2)cc1. The van der Waals surface area contributed by atoms with Crippen molar-refractivity contribution in [2.24, 2.45) is 0 Å². The van der Waals surface area contributed by atoms with Gasteiger partial charge in [-0.25, -0.2) is 4.39 Å². The molecule has 0 bridgehead atoms. The monoisotopic (exact) mass is 454 g/mol. The third kappa shape index (κ3) is 5.19. The summed E-state index contributed by atoms with van der Waals surface area (Å²) in [5.74, 6) is 1.21. The summed E-state index contributed by atoms with van der Waals surface area (Å²) >= 11 is 1.36. The topological polar surface area (TPSA) is 60.2 Å². The van der Waals surface area contributed by atoms with Crippen LogP contribution in [0.3, 0.4) is 0 Å². The van der Waals surface area contributed by atoms with Gasteiger partial charge in [0.1, 0.15) is 11.6 Å². The summed E-state index contributed by atoms with van der Waals surface area (Å²) in [5.41, 5.74) is 1.40. The molecule has 1 unspecified atom stereocenters. The Hall–Kier alpha value is -2.71. The van der Waals surface area contributed by atoms with E-state index in [4.69, 9.17) is 4.74 Å². The molecule has 0 radical (unpaired) electrons. The van der Waals surface area contributed by atoms with Gasteiger partial charge in [0.05, 0.1) is 18.9 Å². The molecule has 1 aliphatic rings. The Morgan fingerprint density at radius 1 is 1.06 bits per heavy atom. The molecule has 168 valence electrons. The van der Waals surface area contributed by atoms with Crippen molar-refractivity contribution in [1.29, 1.82) is 0 Å². The standard InChI is InChI=1S/C24H27FN4O2S/c1-17(23(30)18-6-12-21(31-2)13-7-18)32-24-27-26-22(16-28-14-4-3-5-15-28)29(24)20-10-8-19(25)9-11-20/h6-13,17H,3-5,14-16H2,1-2H3. The van der Waals surface area contributed by atoms with Crippen LogP contribution >= 0.6 is 11.8 Å². The molecule has 1 aliphatic heterocycles. The van der Waals surface area contributed by atoms with Crippen LogP contribution in [0.5, 0.6) is 5.75 Å². The quantitative estimate of drug-likeness (QED) is 0.361. The number of ether oxygens (including phenoxy) is 1. The number of thioether (sulfide) groups is 1. The van der Waals surface area contributed by atoms with Gasteiger partial charge >= 0.3 is 0 Å². The highest BCUT2D eigenvalue weighted by Gasteiger charge is 2.23. The van der Waals surface area contributed by atoms with Crippen LogP contribution in [0.15, 0.2) is 53.7 Å². The zero-order valence-corrected chi connectivity index (χ0v) is 19.1. The Labute approximate surface area is 191 Å². The number of hydrogen-bond donors (Lipinski definition) is 0. The van der Waals surface area contributed by atoms with E-state index >= 15 is 0 Å². The van der Waals surface area contributed by atoms with Crippen molar-refractivity contribution in [2.45, 2.75) is 43.1 Å². The average Bonchev–Trinajstić information content (AvgIpc) is 3.21. The zero-order chi connectivity index (χ0) is 22.5. The largest absolute Gasteiger partial charge is 0.497 e. The predicted octanol–water partition coefficient (Wildman–Crippen LogP) is 4.76. The van der Waals surface area contributed by atoms with Crippen molar-refractivity contribution in [3.63, 3.8) is 0 Å². The second-order valence-corrected chi connectivity index (χ2v) is 9.21. The number of rotatable bonds is 8. The first-order valence-electron chi connectivity index (χ1n) is 10.8. The second kappa shape index (κ2) is 10.3. The van der Waals surface area contributed by atoms with Crippen molar-refractivity contribution in [2.75, 3.05) is 20.2 Å². The van der Waals surface area contributed by atoms with E-state index in [0.29, 0.717) is 23.0 Å². The van der Waals surface area contributed by atoms with E-state index in [1.54, 1.807) is 43.5 Å². The molecular weight excluding hydrogens is 427 g/mol. The normalized spacial score (nSPS) is 15.5. The predicted molar refractivity (Wildman–Crippen MR) is 123 cm³/mol. The molecule has 0 aliphatic carbocycles. The average molecular weight is 455 g/mol. The van der Waals surface area contributed by atoms with Crippen LogP contribution in [0.1, 0.15) is 42.4 Å². The summed E-state index contributed by atoms with van der Waals surface area (Å²) < 4.78 is 20.7. The first-order chi connectivity index (χ1) is 15.5. The fraction of sp³-hybridized carbons (Fsp3) is 0.375. The number of aromatic nitrogens is 3. The number of Topliss-reactive ketones (excluding diaryl/α,β-unsaturated/α-hetero) is 1. The maximum atomic E-state index is 13.6. The smallest absolute Gasteiger partial charge is 0.196 e. The molecule has 8 heteroatoms. The van der Waals surface area contributed by atoms with Gasteiger partial charge in [-0.1, -0.05) is 18.2 Å². The van der Waals surface area contributed by atoms with Gasteiger partial charge < -0.3 is 4.74 Å². The number of halogens is 1. The lowest BCUT2D eigenvalue weighted by Crippen LogP contribution is -2.30. The van der Waals surface area contributed by atoms with Crippen molar-refractivity contribution in [3.05, 3.63) is 65.7 Å². The van der Waals surface area contributed by atoms with Gasteiger partial charge in [0.15, 0.2) is 16.8 Å². The van der Waals surface area contributed by atoms with Gasteiger partial charge in [-0.05, 0) is 81.4 Å². The molecule has 4 rings (SSSR count). The van der Waals surface area contributed by atoms with E-state index in [1.165, 1.54) is 43.2 Å². The first-order valence-corrected chi connectivity index (χ1v) is 11.7. The fourth-order valence-corrected chi connectivity index (χ4v) is 4.81. The molecule has 1 atom stereocenters. The lowest BCUT2D eigenvalue weighted by molar-refractivity contribution is 0.0994. The summed E-state index contributed by atoms with van der Waals surface area (Å²) in [7, 11) is 1.60. The van der Waals surface area contributed by atoms with Crippen LogP contribution in [-0.4, -0.2) is 50.9 Å². The molecular formula is C24H27FN4O2S. The van der Waals surface area contributed by atoms with Crippen LogP contribution in [0.4, 0.5) is 4.39 Å². The van der Waals surface area contributed by atoms with E-state index in [9.17, 15) is 9.18 Å². The van der Waals surface area contributed by atoms with Crippen molar-refractivity contribution >= 4 is 17.5 Å². The highest BCUT2D eigenvalue weighted by molar-refractivity contribution is 8.00. The van der Waals surface area contributed by atoms with Crippen molar-refractivity contribution < 1.29 is 13.9 Å². The Balaban J connectivity index is 1.59. The summed E-state index contributed by atoms with van der Waals surface area (Å²) in [6, 6.07) is 13.4. The Morgan fingerprint density at radius 3 is 2.41 bits per heavy atom. The lowest BCUT2D eigenvalue weighted by atomic mass is 10.1. The molecule has 2 heterocycles. The maximum absolute atomic E-state index is 13.6. The van der Waals surface area contributed by atoms with Crippen molar-refractivity contribution in [3.8, 4) is 11.4 Å². The number of hydrogen-bond acceptors (Lipinski definition) is 6. The number of ketones is 1. The minimum atomic E-state index is -0.366. The lowest BCUT2D eigenvalue weighted by Gasteiger charge is -2.26. The summed E-state index contributed by atoms with van der Waals surface area (Å²) in [5, 5.41) is 9.11. The molecule has 1 aromatic heterocycles. The number of likely N-dealkylation sites (tertiary alicyclic amines) is 1. The molecule has 0 N–H and O–H groups in total. The number of methoxy groups -OCH3 is 1. The van der Waals surface area contributed by atoms with Crippen LogP contribution in [0, 0.1) is 5.82 Å². The molecule has 2 aromatic carbocycles. The molecule has 3 aromatic rings. The highest BCUT2D eigenvalue weighted by atomic mass is 32.2. The Bertz CT molecular complexity index is 1050. The number of nitrogens with zero attached hydrogens (tertiary/aromatic N) is 4. The number of piperidine rings is 1. The Morgan fingerprint density at radius 2 is 1.75 bits per heavy atom. The molecule has 0 spiro atoms. The first kappa shape index (κ1) is 22.5. The van der Waals surface area contributed by atoms with E-state index < -0.39 is 0 Å². The minimum Gasteiger partial charge on any atom is -0.497 e. The summed E-state index contributed by atoms with van der Waals surface area (Å²) in [6.07, 6.45) is 3.62.